The molecular weight excluding hydrogens is 226 g/mol. The molecular formula is C11H11NO5. The Morgan fingerprint density at radius 1 is 1.53 bits per heavy atom. The molecule has 90 valence electrons. The molecule has 1 aliphatic heterocycles. The highest BCUT2D eigenvalue weighted by Crippen LogP contribution is 2.36. The first-order valence-electron chi connectivity index (χ1n) is 4.94. The summed E-state index contributed by atoms with van der Waals surface area (Å²) in [6.07, 6.45) is 1.39. The minimum Gasteiger partial charge on any atom is -0.501 e. The number of nitrogens with one attached hydrogen (secondary N) is 1. The summed E-state index contributed by atoms with van der Waals surface area (Å²) >= 11 is 0. The molecule has 0 aliphatic carbocycles. The normalized spacial score (nSPS) is 23.8. The van der Waals surface area contributed by atoms with Crippen molar-refractivity contribution in [1.29, 1.82) is 0 Å². The zero-order valence-corrected chi connectivity index (χ0v) is 9.31. The van der Waals surface area contributed by atoms with Gasteiger partial charge in [-0.1, -0.05) is 0 Å². The molecule has 0 radical (unpaired) electrons. The van der Waals surface area contributed by atoms with Crippen LogP contribution in [0.5, 0.6) is 0 Å². The molecule has 0 spiro atoms. The molecule has 1 unspecified atom stereocenters. The Balaban J connectivity index is 2.34. The van der Waals surface area contributed by atoms with Crippen LogP contribution in [0.3, 0.4) is 0 Å². The quantitative estimate of drug-likeness (QED) is 0.799. The van der Waals surface area contributed by atoms with Crippen molar-refractivity contribution in [2.24, 2.45) is 0 Å². The number of furan rings is 1. The van der Waals surface area contributed by atoms with Gasteiger partial charge < -0.3 is 14.3 Å². The van der Waals surface area contributed by atoms with Gasteiger partial charge in [-0.05, 0) is 19.1 Å². The van der Waals surface area contributed by atoms with E-state index in [9.17, 15) is 14.7 Å². The molecule has 0 saturated heterocycles. The number of hydrogen-bond donors (Lipinski definition) is 2. The lowest BCUT2D eigenvalue weighted by Crippen LogP contribution is -2.31. The molecule has 0 fully saturated rings. The van der Waals surface area contributed by atoms with Crippen LogP contribution >= 0.6 is 0 Å². The van der Waals surface area contributed by atoms with Gasteiger partial charge in [0.1, 0.15) is 0 Å². The van der Waals surface area contributed by atoms with Crippen LogP contribution in [-0.2, 0) is 19.9 Å². The Hall–Kier alpha value is -2.24. The van der Waals surface area contributed by atoms with E-state index in [1.54, 1.807) is 12.1 Å². The summed E-state index contributed by atoms with van der Waals surface area (Å²) in [5.74, 6) is -1.70. The minimum absolute atomic E-state index is 0.249. The summed E-state index contributed by atoms with van der Waals surface area (Å²) in [6.45, 7) is 2.70. The van der Waals surface area contributed by atoms with Gasteiger partial charge in [-0.15, -0.1) is 0 Å². The summed E-state index contributed by atoms with van der Waals surface area (Å²) in [4.78, 5) is 22.8. The maximum atomic E-state index is 11.9. The van der Waals surface area contributed by atoms with Crippen molar-refractivity contribution in [1.82, 2.24) is 5.32 Å². The predicted molar refractivity (Wildman–Crippen MR) is 55.6 cm³/mol. The molecule has 0 saturated carbocycles. The number of carbonyl (C=O) groups is 2. The zero-order chi connectivity index (χ0) is 12.6. The van der Waals surface area contributed by atoms with Crippen LogP contribution in [0.25, 0.3) is 0 Å². The number of ketones is 1. The van der Waals surface area contributed by atoms with E-state index in [2.05, 4.69) is 5.32 Å². The molecule has 6 nitrogen and oxygen atoms in total. The predicted octanol–water partition coefficient (Wildman–Crippen LogP) is 0.957. The SMILES string of the molecule is CC(=O)NC1=C(O)C(=O)C(C)(c2ccco2)O1. The van der Waals surface area contributed by atoms with Gasteiger partial charge in [0.25, 0.3) is 5.78 Å². The number of carbonyl (C=O) groups excluding carboxylic acids is 2. The number of Topliss-reactive ketones (excluding diaryl/α,β-unsaturated/α-hetero) is 1. The van der Waals surface area contributed by atoms with E-state index in [1.165, 1.54) is 20.1 Å². The molecule has 2 rings (SSSR count). The molecule has 2 N–H and O–H groups in total. The number of rotatable bonds is 2. The smallest absolute Gasteiger partial charge is 0.253 e. The maximum Gasteiger partial charge on any atom is 0.253 e. The summed E-state index contributed by atoms with van der Waals surface area (Å²) in [7, 11) is 0. The summed E-state index contributed by atoms with van der Waals surface area (Å²) < 4.78 is 10.4. The monoisotopic (exact) mass is 237 g/mol. The Labute approximate surface area is 96.9 Å². The first-order valence-corrected chi connectivity index (χ1v) is 4.94. The molecule has 1 aromatic heterocycles. The van der Waals surface area contributed by atoms with Crippen molar-refractivity contribution < 1.29 is 23.8 Å². The van der Waals surface area contributed by atoms with E-state index < -0.39 is 23.1 Å². The molecule has 1 aliphatic rings. The molecule has 1 aromatic rings. The zero-order valence-electron chi connectivity index (χ0n) is 9.31. The van der Waals surface area contributed by atoms with E-state index in [0.717, 1.165) is 0 Å². The lowest BCUT2D eigenvalue weighted by Gasteiger charge is -2.20. The van der Waals surface area contributed by atoms with E-state index in [0.29, 0.717) is 0 Å². The molecule has 0 bridgehead atoms. The Morgan fingerprint density at radius 3 is 2.76 bits per heavy atom. The number of aliphatic hydroxyl groups is 1. The summed E-state index contributed by atoms with van der Waals surface area (Å²) in [6, 6.07) is 3.16. The van der Waals surface area contributed by atoms with Crippen molar-refractivity contribution in [3.05, 3.63) is 35.8 Å². The van der Waals surface area contributed by atoms with Crippen molar-refractivity contribution in [3.63, 3.8) is 0 Å². The second-order valence-electron chi connectivity index (χ2n) is 3.80. The van der Waals surface area contributed by atoms with Gasteiger partial charge in [-0.2, -0.15) is 0 Å². The highest BCUT2D eigenvalue weighted by Gasteiger charge is 2.50. The average Bonchev–Trinajstić information content (AvgIpc) is 2.84. The van der Waals surface area contributed by atoms with Gasteiger partial charge in [0.15, 0.2) is 5.76 Å². The van der Waals surface area contributed by atoms with Gasteiger partial charge in [0.05, 0.1) is 6.26 Å². The molecule has 1 atom stereocenters. The summed E-state index contributed by atoms with van der Waals surface area (Å²) in [5.41, 5.74) is -1.44. The van der Waals surface area contributed by atoms with Gasteiger partial charge in [0, 0.05) is 6.92 Å². The highest BCUT2D eigenvalue weighted by atomic mass is 16.5. The molecule has 2 heterocycles. The molecule has 0 aromatic carbocycles. The first-order chi connectivity index (χ1) is 7.95. The van der Waals surface area contributed by atoms with E-state index in [-0.39, 0.29) is 11.6 Å². The fourth-order valence-electron chi connectivity index (χ4n) is 1.58. The minimum atomic E-state index is -1.44. The van der Waals surface area contributed by atoms with Crippen LogP contribution in [0.15, 0.2) is 34.5 Å². The van der Waals surface area contributed by atoms with Crippen LogP contribution < -0.4 is 5.32 Å². The fraction of sp³-hybridized carbons (Fsp3) is 0.273. The lowest BCUT2D eigenvalue weighted by molar-refractivity contribution is -0.134. The highest BCUT2D eigenvalue weighted by molar-refractivity contribution is 6.02. The van der Waals surface area contributed by atoms with Crippen LogP contribution in [0, 0.1) is 0 Å². The number of ether oxygens (including phenoxy) is 1. The number of aliphatic hydroxyl groups excluding tert-OH is 1. The van der Waals surface area contributed by atoms with Crippen molar-refractivity contribution >= 4 is 11.7 Å². The topological polar surface area (TPSA) is 88.8 Å². The van der Waals surface area contributed by atoms with Gasteiger partial charge in [-0.25, -0.2) is 0 Å². The number of amides is 1. The third-order valence-electron chi connectivity index (χ3n) is 2.45. The number of hydrogen-bond acceptors (Lipinski definition) is 5. The Kier molecular flexibility index (Phi) is 2.42. The van der Waals surface area contributed by atoms with E-state index in [1.807, 2.05) is 0 Å². The van der Waals surface area contributed by atoms with Crippen molar-refractivity contribution in [3.8, 4) is 0 Å². The third-order valence-corrected chi connectivity index (χ3v) is 2.45. The Morgan fingerprint density at radius 2 is 2.24 bits per heavy atom. The van der Waals surface area contributed by atoms with Crippen LogP contribution in [0.4, 0.5) is 0 Å². The molecule has 1 amide bonds. The second kappa shape index (κ2) is 3.65. The fourth-order valence-corrected chi connectivity index (χ4v) is 1.58. The van der Waals surface area contributed by atoms with Crippen LogP contribution in [-0.4, -0.2) is 16.8 Å². The van der Waals surface area contributed by atoms with Gasteiger partial charge in [0.2, 0.25) is 23.2 Å². The first kappa shape index (κ1) is 11.3. The average molecular weight is 237 g/mol. The Bertz CT molecular complexity index is 502. The largest absolute Gasteiger partial charge is 0.501 e. The third kappa shape index (κ3) is 1.67. The van der Waals surface area contributed by atoms with Crippen molar-refractivity contribution in [2.75, 3.05) is 0 Å². The molecule has 17 heavy (non-hydrogen) atoms. The van der Waals surface area contributed by atoms with Crippen molar-refractivity contribution in [2.45, 2.75) is 19.4 Å². The van der Waals surface area contributed by atoms with Crippen LogP contribution in [0.2, 0.25) is 0 Å². The maximum absolute atomic E-state index is 11.9. The van der Waals surface area contributed by atoms with Gasteiger partial charge in [-0.3, -0.25) is 14.9 Å². The second-order valence-corrected chi connectivity index (χ2v) is 3.80. The van der Waals surface area contributed by atoms with Crippen LogP contribution in [0.1, 0.15) is 19.6 Å². The standard InChI is InChI=1S/C11H11NO5/c1-6(13)12-10-8(14)9(15)11(2,17-10)7-4-3-5-16-7/h3-5,14H,1-2H3,(H,12,13). The summed E-state index contributed by atoms with van der Waals surface area (Å²) in [5, 5.41) is 11.8. The van der Waals surface area contributed by atoms with E-state index >= 15 is 0 Å². The molecule has 6 heteroatoms. The van der Waals surface area contributed by atoms with Gasteiger partial charge >= 0.3 is 0 Å². The van der Waals surface area contributed by atoms with E-state index in [4.69, 9.17) is 9.15 Å². The lowest BCUT2D eigenvalue weighted by atomic mass is 9.98.